The second-order valence-electron chi connectivity index (χ2n) is 4.96. The smallest absolute Gasteiger partial charge is 0.387 e. The highest BCUT2D eigenvalue weighted by atomic mass is 19.3. The van der Waals surface area contributed by atoms with Gasteiger partial charge in [0.05, 0.1) is 13.0 Å². The maximum Gasteiger partial charge on any atom is 0.387 e. The number of carbonyl (C=O) groups is 1. The van der Waals surface area contributed by atoms with E-state index in [0.717, 1.165) is 11.3 Å². The Kier molecular flexibility index (Phi) is 5.14. The normalized spacial score (nSPS) is 10.8. The van der Waals surface area contributed by atoms with E-state index in [0.29, 0.717) is 12.3 Å². The molecule has 0 atom stereocenters. The van der Waals surface area contributed by atoms with Gasteiger partial charge in [-0.15, -0.1) is 0 Å². The molecule has 2 aromatic rings. The van der Waals surface area contributed by atoms with Gasteiger partial charge in [0.25, 0.3) is 0 Å². The topological polar surface area (TPSA) is 42.7 Å². The van der Waals surface area contributed by atoms with E-state index in [1.54, 1.807) is 24.1 Å². The van der Waals surface area contributed by atoms with Crippen LogP contribution in [0, 0.1) is 6.92 Å². The van der Waals surface area contributed by atoms with Gasteiger partial charge < -0.3 is 14.1 Å². The minimum atomic E-state index is -2.85. The summed E-state index contributed by atoms with van der Waals surface area (Å²) in [5.74, 6) is 1.50. The second-order valence-corrected chi connectivity index (χ2v) is 4.96. The number of aryl methyl sites for hydroxylation is 1. The zero-order chi connectivity index (χ0) is 16.1. The highest BCUT2D eigenvalue weighted by Gasteiger charge is 2.12. The van der Waals surface area contributed by atoms with Crippen LogP contribution < -0.4 is 4.74 Å². The molecule has 22 heavy (non-hydrogen) atoms. The Morgan fingerprint density at radius 2 is 1.91 bits per heavy atom. The minimum absolute atomic E-state index is 0.0746. The lowest BCUT2D eigenvalue weighted by Gasteiger charge is -2.16. The Morgan fingerprint density at radius 1 is 1.23 bits per heavy atom. The lowest BCUT2D eigenvalue weighted by Crippen LogP contribution is -2.27. The Balaban J connectivity index is 1.90. The lowest BCUT2D eigenvalue weighted by molar-refractivity contribution is -0.129. The number of amides is 1. The largest absolute Gasteiger partial charge is 0.464 e. The second kappa shape index (κ2) is 7.06. The van der Waals surface area contributed by atoms with Crippen LogP contribution in [-0.4, -0.2) is 24.5 Å². The predicted molar refractivity (Wildman–Crippen MR) is 76.7 cm³/mol. The number of nitrogens with zero attached hydrogens (tertiary/aromatic N) is 1. The molecule has 0 aliphatic heterocycles. The van der Waals surface area contributed by atoms with Crippen LogP contribution in [-0.2, 0) is 17.8 Å². The quantitative estimate of drug-likeness (QED) is 0.821. The third kappa shape index (κ3) is 4.58. The fraction of sp³-hybridized carbons (Fsp3) is 0.312. The molecule has 1 aromatic heterocycles. The van der Waals surface area contributed by atoms with E-state index in [9.17, 15) is 13.6 Å². The Bertz CT molecular complexity index is 623. The maximum atomic E-state index is 12.1. The number of benzene rings is 1. The molecule has 0 radical (unpaired) electrons. The molecule has 1 heterocycles. The number of rotatable bonds is 6. The van der Waals surface area contributed by atoms with Gasteiger partial charge in [-0.2, -0.15) is 8.78 Å². The summed E-state index contributed by atoms with van der Waals surface area (Å²) >= 11 is 0. The van der Waals surface area contributed by atoms with Crippen LogP contribution in [0.4, 0.5) is 8.78 Å². The van der Waals surface area contributed by atoms with Gasteiger partial charge in [0.1, 0.15) is 17.3 Å². The molecular formula is C16H17F2NO3. The van der Waals surface area contributed by atoms with Crippen molar-refractivity contribution >= 4 is 5.91 Å². The average Bonchev–Trinajstić information content (AvgIpc) is 2.85. The van der Waals surface area contributed by atoms with Crippen molar-refractivity contribution in [3.8, 4) is 5.75 Å². The first-order valence-corrected chi connectivity index (χ1v) is 6.77. The van der Waals surface area contributed by atoms with Gasteiger partial charge in [-0.3, -0.25) is 4.79 Å². The number of hydrogen-bond donors (Lipinski definition) is 0. The molecule has 0 spiro atoms. The molecule has 1 aromatic carbocycles. The van der Waals surface area contributed by atoms with Gasteiger partial charge >= 0.3 is 6.61 Å². The Hall–Kier alpha value is -2.37. The number of halogens is 2. The van der Waals surface area contributed by atoms with Crippen LogP contribution in [0.2, 0.25) is 0 Å². The van der Waals surface area contributed by atoms with E-state index < -0.39 is 6.61 Å². The summed E-state index contributed by atoms with van der Waals surface area (Å²) in [7, 11) is 1.69. The molecule has 1 amide bonds. The molecular weight excluding hydrogens is 292 g/mol. The van der Waals surface area contributed by atoms with Gasteiger partial charge in [0.15, 0.2) is 0 Å². The minimum Gasteiger partial charge on any atom is -0.464 e. The molecule has 0 unspecified atom stereocenters. The van der Waals surface area contributed by atoms with Crippen LogP contribution in [0.15, 0.2) is 40.8 Å². The van der Waals surface area contributed by atoms with Crippen molar-refractivity contribution in [2.45, 2.75) is 26.5 Å². The van der Waals surface area contributed by atoms with Gasteiger partial charge in [-0.1, -0.05) is 12.1 Å². The van der Waals surface area contributed by atoms with Crippen molar-refractivity contribution in [1.29, 1.82) is 0 Å². The van der Waals surface area contributed by atoms with Crippen molar-refractivity contribution in [3.63, 3.8) is 0 Å². The highest BCUT2D eigenvalue weighted by molar-refractivity contribution is 5.78. The van der Waals surface area contributed by atoms with Crippen LogP contribution >= 0.6 is 0 Å². The first-order chi connectivity index (χ1) is 10.4. The Morgan fingerprint density at radius 3 is 2.45 bits per heavy atom. The van der Waals surface area contributed by atoms with Gasteiger partial charge in [0.2, 0.25) is 5.91 Å². The zero-order valence-electron chi connectivity index (χ0n) is 12.4. The summed E-state index contributed by atoms with van der Waals surface area (Å²) in [6.07, 6.45) is 0.186. The molecule has 0 saturated heterocycles. The van der Waals surface area contributed by atoms with E-state index in [4.69, 9.17) is 4.42 Å². The van der Waals surface area contributed by atoms with E-state index >= 15 is 0 Å². The van der Waals surface area contributed by atoms with Crippen molar-refractivity contribution in [2.75, 3.05) is 7.05 Å². The highest BCUT2D eigenvalue weighted by Crippen LogP contribution is 2.16. The average molecular weight is 309 g/mol. The molecule has 0 N–H and O–H groups in total. The number of alkyl halides is 2. The summed E-state index contributed by atoms with van der Waals surface area (Å²) < 4.78 is 33.8. The molecule has 0 saturated carbocycles. The summed E-state index contributed by atoms with van der Waals surface area (Å²) in [5.41, 5.74) is 0.731. The Labute approximate surface area is 127 Å². The fourth-order valence-electron chi connectivity index (χ4n) is 1.99. The lowest BCUT2D eigenvalue weighted by atomic mass is 10.1. The monoisotopic (exact) mass is 309 g/mol. The third-order valence-electron chi connectivity index (χ3n) is 3.12. The third-order valence-corrected chi connectivity index (χ3v) is 3.12. The first kappa shape index (κ1) is 16.0. The molecule has 0 fully saturated rings. The van der Waals surface area contributed by atoms with Gasteiger partial charge in [-0.25, -0.2) is 0 Å². The standard InChI is InChI=1S/C16H17F2NO3/c1-11-3-6-14(21-11)10-19(2)15(20)9-12-4-7-13(8-5-12)22-16(17)18/h3-8,16H,9-10H2,1-2H3. The van der Waals surface area contributed by atoms with Crippen LogP contribution in [0.3, 0.4) is 0 Å². The molecule has 0 aliphatic carbocycles. The van der Waals surface area contributed by atoms with Gasteiger partial charge in [0, 0.05) is 7.05 Å². The molecule has 118 valence electrons. The van der Waals surface area contributed by atoms with Crippen molar-refractivity contribution in [3.05, 3.63) is 53.5 Å². The van der Waals surface area contributed by atoms with E-state index in [-0.39, 0.29) is 18.1 Å². The SMILES string of the molecule is Cc1ccc(CN(C)C(=O)Cc2ccc(OC(F)F)cc2)o1. The first-order valence-electron chi connectivity index (χ1n) is 6.77. The van der Waals surface area contributed by atoms with E-state index in [2.05, 4.69) is 4.74 Å². The summed E-state index contributed by atoms with van der Waals surface area (Å²) in [4.78, 5) is 13.7. The van der Waals surface area contributed by atoms with Crippen molar-refractivity contribution in [1.82, 2.24) is 4.90 Å². The predicted octanol–water partition coefficient (Wildman–Crippen LogP) is 3.39. The fourth-order valence-corrected chi connectivity index (χ4v) is 1.99. The molecule has 2 rings (SSSR count). The van der Waals surface area contributed by atoms with E-state index in [1.807, 2.05) is 19.1 Å². The van der Waals surface area contributed by atoms with Crippen molar-refractivity contribution < 1.29 is 22.7 Å². The number of furan rings is 1. The zero-order valence-corrected chi connectivity index (χ0v) is 12.4. The summed E-state index contributed by atoms with van der Waals surface area (Å²) in [6.45, 7) is -0.622. The molecule has 6 heteroatoms. The molecule has 0 aliphatic rings. The van der Waals surface area contributed by atoms with Gasteiger partial charge in [-0.05, 0) is 36.8 Å². The van der Waals surface area contributed by atoms with Crippen molar-refractivity contribution in [2.24, 2.45) is 0 Å². The number of ether oxygens (including phenoxy) is 1. The number of carbonyl (C=O) groups excluding carboxylic acids is 1. The van der Waals surface area contributed by atoms with Crippen LogP contribution in [0.25, 0.3) is 0 Å². The molecule has 4 nitrogen and oxygen atoms in total. The summed E-state index contributed by atoms with van der Waals surface area (Å²) in [5, 5.41) is 0. The van der Waals surface area contributed by atoms with E-state index in [1.165, 1.54) is 12.1 Å². The number of likely N-dealkylation sites (N-methyl/N-ethyl adjacent to an activating group) is 1. The number of hydrogen-bond acceptors (Lipinski definition) is 3. The maximum absolute atomic E-state index is 12.1. The molecule has 0 bridgehead atoms. The summed E-state index contributed by atoms with van der Waals surface area (Å²) in [6, 6.07) is 9.71. The van der Waals surface area contributed by atoms with Crippen LogP contribution in [0.1, 0.15) is 17.1 Å². The van der Waals surface area contributed by atoms with Crippen LogP contribution in [0.5, 0.6) is 5.75 Å².